The number of nitro benzene ring substituents is 1. The molecule has 4 rings (SSSR count). The predicted molar refractivity (Wildman–Crippen MR) is 147 cm³/mol. The number of non-ortho nitro benzene ring substituents is 1. The highest BCUT2D eigenvalue weighted by Crippen LogP contribution is 2.25. The first-order valence-electron chi connectivity index (χ1n) is 13.4. The lowest BCUT2D eigenvalue weighted by Gasteiger charge is -2.37. The van der Waals surface area contributed by atoms with Crippen molar-refractivity contribution in [2.24, 2.45) is 0 Å². The molecule has 8 heteroatoms. The Morgan fingerprint density at radius 3 is 2.42 bits per heavy atom. The SMILES string of the molecule is CC(C)N(CC(=O)N(Cc1cccn1Cc1ccccc1)C1CCCCC1)C(=O)c1cccc([N+](=O)[O-])c1. The van der Waals surface area contributed by atoms with Gasteiger partial charge in [0, 0.05) is 48.2 Å². The first-order chi connectivity index (χ1) is 18.3. The minimum absolute atomic E-state index is 0.0743. The molecule has 38 heavy (non-hydrogen) atoms. The summed E-state index contributed by atoms with van der Waals surface area (Å²) in [6.07, 6.45) is 7.28. The molecule has 2 aromatic carbocycles. The van der Waals surface area contributed by atoms with Crippen molar-refractivity contribution in [3.63, 3.8) is 0 Å². The molecule has 1 fully saturated rings. The highest BCUT2D eigenvalue weighted by Gasteiger charge is 2.30. The Morgan fingerprint density at radius 1 is 1.00 bits per heavy atom. The van der Waals surface area contributed by atoms with Gasteiger partial charge in [-0.3, -0.25) is 19.7 Å². The van der Waals surface area contributed by atoms with Gasteiger partial charge in [0.15, 0.2) is 0 Å². The second-order valence-electron chi connectivity index (χ2n) is 10.3. The summed E-state index contributed by atoms with van der Waals surface area (Å²) in [5.74, 6) is -0.482. The molecule has 1 aliphatic carbocycles. The fourth-order valence-electron chi connectivity index (χ4n) is 5.16. The number of amides is 2. The van der Waals surface area contributed by atoms with E-state index in [9.17, 15) is 19.7 Å². The van der Waals surface area contributed by atoms with Crippen LogP contribution in [0.2, 0.25) is 0 Å². The van der Waals surface area contributed by atoms with Crippen molar-refractivity contribution in [1.82, 2.24) is 14.4 Å². The van der Waals surface area contributed by atoms with Gasteiger partial charge in [-0.05, 0) is 50.5 Å². The van der Waals surface area contributed by atoms with Crippen LogP contribution in [-0.4, -0.2) is 49.7 Å². The topological polar surface area (TPSA) is 88.7 Å². The zero-order valence-electron chi connectivity index (χ0n) is 22.2. The van der Waals surface area contributed by atoms with Gasteiger partial charge in [0.2, 0.25) is 5.91 Å². The van der Waals surface area contributed by atoms with Crippen molar-refractivity contribution in [1.29, 1.82) is 0 Å². The fourth-order valence-corrected chi connectivity index (χ4v) is 5.16. The predicted octanol–water partition coefficient (Wildman–Crippen LogP) is 5.66. The Bertz CT molecular complexity index is 1250. The second-order valence-corrected chi connectivity index (χ2v) is 10.3. The lowest BCUT2D eigenvalue weighted by molar-refractivity contribution is -0.384. The van der Waals surface area contributed by atoms with E-state index < -0.39 is 4.92 Å². The third-order valence-corrected chi connectivity index (χ3v) is 7.28. The van der Waals surface area contributed by atoms with Gasteiger partial charge in [0.05, 0.1) is 11.5 Å². The molecule has 0 spiro atoms. The largest absolute Gasteiger partial charge is 0.345 e. The van der Waals surface area contributed by atoms with Gasteiger partial charge in [-0.15, -0.1) is 0 Å². The molecular formula is C30H36N4O4. The minimum atomic E-state index is -0.517. The van der Waals surface area contributed by atoms with Crippen LogP contribution < -0.4 is 0 Å². The number of hydrogen-bond acceptors (Lipinski definition) is 4. The molecule has 1 saturated carbocycles. The molecule has 0 bridgehead atoms. The van der Waals surface area contributed by atoms with Gasteiger partial charge >= 0.3 is 0 Å². The highest BCUT2D eigenvalue weighted by atomic mass is 16.6. The maximum atomic E-state index is 13.9. The average molecular weight is 517 g/mol. The molecule has 1 aliphatic rings. The molecule has 0 atom stereocenters. The zero-order valence-corrected chi connectivity index (χ0v) is 22.2. The number of nitro groups is 1. The first-order valence-corrected chi connectivity index (χ1v) is 13.4. The Hall–Kier alpha value is -3.94. The molecule has 200 valence electrons. The van der Waals surface area contributed by atoms with E-state index in [0.717, 1.165) is 37.9 Å². The van der Waals surface area contributed by atoms with Crippen molar-refractivity contribution in [3.8, 4) is 0 Å². The minimum Gasteiger partial charge on any atom is -0.345 e. The maximum Gasteiger partial charge on any atom is 0.270 e. The van der Waals surface area contributed by atoms with Gasteiger partial charge in [-0.25, -0.2) is 0 Å². The van der Waals surface area contributed by atoms with Crippen LogP contribution in [0.4, 0.5) is 5.69 Å². The number of benzene rings is 2. The van der Waals surface area contributed by atoms with Gasteiger partial charge in [0.25, 0.3) is 11.6 Å². The third kappa shape index (κ3) is 6.68. The van der Waals surface area contributed by atoms with Crippen LogP contribution in [0.15, 0.2) is 72.9 Å². The van der Waals surface area contributed by atoms with Gasteiger partial charge in [0.1, 0.15) is 6.54 Å². The van der Waals surface area contributed by atoms with Crippen molar-refractivity contribution < 1.29 is 14.5 Å². The van der Waals surface area contributed by atoms with E-state index in [1.165, 1.54) is 35.1 Å². The lowest BCUT2D eigenvalue weighted by atomic mass is 9.94. The summed E-state index contributed by atoms with van der Waals surface area (Å²) >= 11 is 0. The monoisotopic (exact) mass is 516 g/mol. The Labute approximate surface area is 224 Å². The van der Waals surface area contributed by atoms with Crippen molar-refractivity contribution >= 4 is 17.5 Å². The van der Waals surface area contributed by atoms with Crippen LogP contribution >= 0.6 is 0 Å². The van der Waals surface area contributed by atoms with Gasteiger partial charge in [-0.1, -0.05) is 55.7 Å². The van der Waals surface area contributed by atoms with Crippen molar-refractivity contribution in [2.45, 2.75) is 71.1 Å². The summed E-state index contributed by atoms with van der Waals surface area (Å²) in [6, 6.07) is 19.9. The Morgan fingerprint density at radius 2 is 1.74 bits per heavy atom. The van der Waals surface area contributed by atoms with Crippen LogP contribution in [0.25, 0.3) is 0 Å². The molecule has 0 saturated heterocycles. The van der Waals surface area contributed by atoms with Crippen LogP contribution in [0.3, 0.4) is 0 Å². The number of hydrogen-bond donors (Lipinski definition) is 0. The van der Waals surface area contributed by atoms with E-state index in [4.69, 9.17) is 0 Å². The first kappa shape index (κ1) is 27.1. The molecule has 8 nitrogen and oxygen atoms in total. The molecule has 0 N–H and O–H groups in total. The summed E-state index contributed by atoms with van der Waals surface area (Å²) in [5.41, 5.74) is 2.30. The average Bonchev–Trinajstić information content (AvgIpc) is 3.37. The molecule has 3 aromatic rings. The number of aromatic nitrogens is 1. The molecule has 2 amide bonds. The summed E-state index contributed by atoms with van der Waals surface area (Å²) in [4.78, 5) is 41.5. The quantitative estimate of drug-likeness (QED) is 0.257. The van der Waals surface area contributed by atoms with Crippen LogP contribution in [0.1, 0.15) is 67.6 Å². The van der Waals surface area contributed by atoms with E-state index in [0.29, 0.717) is 6.54 Å². The summed E-state index contributed by atoms with van der Waals surface area (Å²) in [6.45, 7) is 4.84. The van der Waals surface area contributed by atoms with Crippen molar-refractivity contribution in [2.75, 3.05) is 6.54 Å². The van der Waals surface area contributed by atoms with Crippen LogP contribution in [-0.2, 0) is 17.9 Å². The fraction of sp³-hybridized carbons (Fsp3) is 0.400. The second kappa shape index (κ2) is 12.5. The van der Waals surface area contributed by atoms with Gasteiger partial charge in [-0.2, -0.15) is 0 Å². The normalized spacial score (nSPS) is 13.9. The highest BCUT2D eigenvalue weighted by molar-refractivity contribution is 5.97. The van der Waals surface area contributed by atoms with E-state index in [1.54, 1.807) is 6.07 Å². The smallest absolute Gasteiger partial charge is 0.270 e. The summed E-state index contributed by atoms with van der Waals surface area (Å²) in [7, 11) is 0. The number of nitrogens with zero attached hydrogens (tertiary/aromatic N) is 4. The van der Waals surface area contributed by atoms with E-state index in [-0.39, 0.29) is 41.7 Å². The standard InChI is InChI=1S/C30H36N4O4/c1-23(2)32(30(36)25-13-9-16-27(19-25)34(37)38)22-29(35)33(26-14-7-4-8-15-26)21-28-17-10-18-31(28)20-24-11-5-3-6-12-24/h3,5-6,9-13,16-19,23,26H,4,7-8,14-15,20-22H2,1-2H3. The third-order valence-electron chi connectivity index (χ3n) is 7.28. The van der Waals surface area contributed by atoms with Crippen LogP contribution in [0, 0.1) is 10.1 Å². The number of rotatable bonds is 10. The van der Waals surface area contributed by atoms with Crippen molar-refractivity contribution in [3.05, 3.63) is 99.9 Å². The zero-order chi connectivity index (χ0) is 27.1. The number of carbonyl (C=O) groups is 2. The summed E-state index contributed by atoms with van der Waals surface area (Å²) in [5, 5.41) is 11.2. The molecule has 1 heterocycles. The van der Waals surface area contributed by atoms with Crippen LogP contribution in [0.5, 0.6) is 0 Å². The lowest BCUT2D eigenvalue weighted by Crippen LogP contribution is -2.49. The summed E-state index contributed by atoms with van der Waals surface area (Å²) < 4.78 is 2.17. The van der Waals surface area contributed by atoms with E-state index >= 15 is 0 Å². The molecular weight excluding hydrogens is 480 g/mol. The Balaban J connectivity index is 1.56. The van der Waals surface area contributed by atoms with E-state index in [1.807, 2.05) is 49.2 Å². The van der Waals surface area contributed by atoms with Gasteiger partial charge < -0.3 is 14.4 Å². The molecule has 0 radical (unpaired) electrons. The van der Waals surface area contributed by atoms with E-state index in [2.05, 4.69) is 22.8 Å². The Kier molecular flexibility index (Phi) is 8.94. The molecule has 0 aliphatic heterocycles. The molecule has 0 unspecified atom stereocenters. The maximum absolute atomic E-state index is 13.9. The number of carbonyl (C=O) groups excluding carboxylic acids is 2. The molecule has 1 aromatic heterocycles.